The Bertz CT molecular complexity index is 6810. The number of nitrogens with two attached hydrogens (primary N) is 4. The van der Waals surface area contributed by atoms with Crippen LogP contribution in [0, 0.1) is 39.0 Å². The van der Waals surface area contributed by atoms with Crippen LogP contribution in [0.3, 0.4) is 0 Å². The van der Waals surface area contributed by atoms with Gasteiger partial charge in [-0.1, -0.05) is 92.1 Å². The molecular formula is C93H102N26O10. The molecule has 36 heteroatoms. The standard InChI is InChI=1S/C25H29N7O2.C23H23N7O2.C23H26N6O3.C22H24N6O3/c1-16-28-23(26)22-24(29-16)32(25(33)31-22)15-17-10-12-20(13-11-17)34-21-9-5-8-19(30-21)14-27-18-6-3-2-4-7-18;1-15-26-21(25)20-22(27-15)30(23(31)29-20)14-16-9-11-18(12-10-16)32-19-8-5-7-17(28-19)6-3-2-4-13-24;1-15-25-21(24)20-22(26-15)29(23(30)28-20)14-16-9-11-18(12-10-16)32-19-8-5-7-17(27-19)6-3-4-13-31-2;1-14-24-20(23)19-21(25-14)28(22(30)27-19)13-15-8-10-17(11-9-15)31-18-7-4-6-16(26-18)5-2-3-12-29/h5,8-13,18,27H,2-4,6-7,14-15H2,1H3,(H,31,33)(H2,26,28,29);5,7-12H,2-4,6,14H2,1H3,(H,29,31)(H2,25,26,27);5,7-12H,3-4,6,13-14H2,1-2H3,(H,28,30)(H2,24,25,26);4,6-11,29H,2-3,5,12-13H2,1H3,(H,27,30)(H2,23,24,25). The van der Waals surface area contributed by atoms with Crippen molar-refractivity contribution >= 4 is 67.9 Å². The number of rotatable bonds is 32. The molecule has 129 heavy (non-hydrogen) atoms. The summed E-state index contributed by atoms with van der Waals surface area (Å²) in [6.07, 6.45) is 14.9. The highest BCUT2D eigenvalue weighted by atomic mass is 16.5. The monoisotopic (exact) mass is 1740 g/mol. The van der Waals surface area contributed by atoms with Crippen LogP contribution in [-0.2, 0) is 56.7 Å². The van der Waals surface area contributed by atoms with Crippen LogP contribution in [0.1, 0.15) is 145 Å². The van der Waals surface area contributed by atoms with E-state index in [1.165, 1.54) is 41.2 Å². The van der Waals surface area contributed by atoms with Crippen molar-refractivity contribution in [1.29, 1.82) is 5.26 Å². The number of anilines is 4. The van der Waals surface area contributed by atoms with Crippen molar-refractivity contribution < 1.29 is 28.8 Å². The first-order valence-corrected chi connectivity index (χ1v) is 42.7. The minimum Gasteiger partial charge on any atom is -0.439 e. The summed E-state index contributed by atoms with van der Waals surface area (Å²) >= 11 is 0. The minimum absolute atomic E-state index is 0.188. The third-order valence-electron chi connectivity index (χ3n) is 21.1. The number of aromatic amines is 4. The van der Waals surface area contributed by atoms with E-state index in [0.717, 1.165) is 116 Å². The van der Waals surface area contributed by atoms with Gasteiger partial charge in [-0.15, -0.1) is 0 Å². The number of hydrogen-bond donors (Lipinski definition) is 10. The summed E-state index contributed by atoms with van der Waals surface area (Å²) in [5.41, 5.74) is 33.8. The zero-order valence-electron chi connectivity index (χ0n) is 72.3. The van der Waals surface area contributed by atoms with Crippen molar-refractivity contribution in [3.63, 3.8) is 0 Å². The Hall–Kier alpha value is -15.4. The first-order valence-electron chi connectivity index (χ1n) is 42.7. The Labute approximate surface area is 740 Å². The van der Waals surface area contributed by atoms with E-state index in [1.54, 1.807) is 50.0 Å². The lowest BCUT2D eigenvalue weighted by molar-refractivity contribution is 0.193. The van der Waals surface area contributed by atoms with Gasteiger partial charge in [-0.05, 0) is 193 Å². The molecule has 17 rings (SSSR count). The number of methoxy groups -OCH3 is 1. The van der Waals surface area contributed by atoms with E-state index in [9.17, 15) is 19.2 Å². The molecule has 0 aliphatic heterocycles. The average molecular weight is 1740 g/mol. The Kier molecular flexibility index (Phi) is 30.0. The highest BCUT2D eigenvalue weighted by Gasteiger charge is 2.20. The van der Waals surface area contributed by atoms with Gasteiger partial charge in [-0.2, -0.15) is 5.26 Å². The van der Waals surface area contributed by atoms with Gasteiger partial charge < -0.3 is 77.0 Å². The molecule has 0 bridgehead atoms. The van der Waals surface area contributed by atoms with Crippen molar-refractivity contribution in [2.45, 2.75) is 163 Å². The zero-order valence-corrected chi connectivity index (χ0v) is 72.3. The second-order valence-corrected chi connectivity index (χ2v) is 31.0. The van der Waals surface area contributed by atoms with Gasteiger partial charge in [0.1, 0.15) is 68.4 Å². The molecule has 0 saturated heterocycles. The minimum atomic E-state index is -0.289. The van der Waals surface area contributed by atoms with Crippen molar-refractivity contribution in [3.05, 3.63) is 280 Å². The van der Waals surface area contributed by atoms with Gasteiger partial charge in [0.2, 0.25) is 23.5 Å². The van der Waals surface area contributed by atoms with Crippen LogP contribution < -0.4 is 70.0 Å². The molecule has 12 heterocycles. The van der Waals surface area contributed by atoms with Gasteiger partial charge in [0, 0.05) is 80.7 Å². The molecule has 4 aromatic carbocycles. The second kappa shape index (κ2) is 43.0. The van der Waals surface area contributed by atoms with Gasteiger partial charge in [-0.25, -0.2) is 79.0 Å². The van der Waals surface area contributed by atoms with E-state index in [2.05, 4.69) is 91.1 Å². The van der Waals surface area contributed by atoms with Crippen molar-refractivity contribution in [1.82, 2.24) is 103 Å². The predicted molar refractivity (Wildman–Crippen MR) is 490 cm³/mol. The van der Waals surface area contributed by atoms with E-state index in [0.29, 0.717) is 153 Å². The molecular weight excluding hydrogens is 1640 g/mol. The lowest BCUT2D eigenvalue weighted by Gasteiger charge is -2.22. The Morgan fingerprint density at radius 2 is 0.682 bits per heavy atom. The highest BCUT2D eigenvalue weighted by Crippen LogP contribution is 2.29. The molecule has 1 aliphatic carbocycles. The Morgan fingerprint density at radius 3 is 0.984 bits per heavy atom. The number of aromatic nitrogens is 20. The van der Waals surface area contributed by atoms with Crippen LogP contribution in [0.15, 0.2) is 189 Å². The van der Waals surface area contributed by atoms with E-state index >= 15 is 0 Å². The number of aliphatic hydroxyl groups is 1. The molecule has 36 nitrogen and oxygen atoms in total. The van der Waals surface area contributed by atoms with Crippen LogP contribution in [0.2, 0.25) is 0 Å². The summed E-state index contributed by atoms with van der Waals surface area (Å²) < 4.78 is 34.9. The lowest BCUT2D eigenvalue weighted by Crippen LogP contribution is -2.30. The number of nitrogen functional groups attached to an aromatic ring is 4. The third kappa shape index (κ3) is 24.2. The molecule has 14 N–H and O–H groups in total. The molecule has 1 aliphatic rings. The Morgan fingerprint density at radius 1 is 0.388 bits per heavy atom. The number of pyridine rings is 4. The van der Waals surface area contributed by atoms with Crippen LogP contribution >= 0.6 is 0 Å². The first-order chi connectivity index (χ1) is 62.6. The van der Waals surface area contributed by atoms with E-state index in [-0.39, 0.29) is 52.6 Å². The number of fused-ring (bicyclic) bond motifs is 4. The summed E-state index contributed by atoms with van der Waals surface area (Å²) in [5, 5.41) is 21.2. The summed E-state index contributed by atoms with van der Waals surface area (Å²) in [7, 11) is 1.71. The Balaban J connectivity index is 0.000000139. The smallest absolute Gasteiger partial charge is 0.328 e. The summed E-state index contributed by atoms with van der Waals surface area (Å²) in [4.78, 5) is 113. The molecule has 0 spiro atoms. The number of ether oxygens (including phenoxy) is 5. The normalized spacial score (nSPS) is 12.0. The summed E-state index contributed by atoms with van der Waals surface area (Å²) in [6.45, 7) is 10.0. The maximum Gasteiger partial charge on any atom is 0.328 e. The van der Waals surface area contributed by atoms with Gasteiger partial charge in [-0.3, -0.25) is 18.3 Å². The fourth-order valence-electron chi connectivity index (χ4n) is 14.7. The summed E-state index contributed by atoms with van der Waals surface area (Å²) in [6, 6.07) is 55.8. The molecule has 664 valence electrons. The van der Waals surface area contributed by atoms with E-state index in [4.69, 9.17) is 57.0 Å². The van der Waals surface area contributed by atoms with Gasteiger partial charge in [0.25, 0.3) is 0 Å². The van der Waals surface area contributed by atoms with Crippen LogP contribution in [0.25, 0.3) is 44.7 Å². The number of nitriles is 1. The van der Waals surface area contributed by atoms with E-state index < -0.39 is 0 Å². The van der Waals surface area contributed by atoms with E-state index in [1.807, 2.05) is 164 Å². The lowest BCUT2D eigenvalue weighted by atomic mass is 9.95. The van der Waals surface area contributed by atoms with Gasteiger partial charge in [0.15, 0.2) is 45.9 Å². The molecule has 0 amide bonds. The molecule has 0 unspecified atom stereocenters. The van der Waals surface area contributed by atoms with Crippen LogP contribution in [0.4, 0.5) is 23.3 Å². The van der Waals surface area contributed by atoms with Crippen molar-refractivity contribution in [3.8, 4) is 52.6 Å². The number of aliphatic hydroxyl groups excluding tert-OH is 1. The second-order valence-electron chi connectivity index (χ2n) is 31.0. The average Bonchev–Trinajstić information content (AvgIpc) is 1.65. The summed E-state index contributed by atoms with van der Waals surface area (Å²) in [5.74, 6) is 7.90. The van der Waals surface area contributed by atoms with Crippen molar-refractivity contribution in [2.24, 2.45) is 0 Å². The van der Waals surface area contributed by atoms with Crippen LogP contribution in [0.5, 0.6) is 46.5 Å². The molecule has 0 radical (unpaired) electrons. The number of benzene rings is 4. The number of imidazole rings is 4. The SMILES string of the molecule is COCCCCc1cccc(Oc2ccc(Cn3c(=O)[nH]c4c(N)nc(C)nc43)cc2)n1.Cc1nc(N)c2[nH]c(=O)n(Cc3ccc(Oc4cccc(CCCCC#N)n4)cc3)c2n1.Cc1nc(N)c2[nH]c(=O)n(Cc3ccc(Oc4cccc(CCCCO)n4)cc3)c2n1.Cc1nc(N)c2[nH]c(=O)n(Cc3ccc(Oc4cccc(CNC5CCCCC5)n4)cc3)c2n1. The van der Waals surface area contributed by atoms with Gasteiger partial charge in [0.05, 0.1) is 37.9 Å². The fourth-order valence-corrected chi connectivity index (χ4v) is 14.7. The maximum atomic E-state index is 12.4. The number of nitrogens with zero attached hydrogens (tertiary/aromatic N) is 17. The molecule has 16 aromatic rings. The highest BCUT2D eigenvalue weighted by molar-refractivity contribution is 5.84. The zero-order chi connectivity index (χ0) is 90.3. The first kappa shape index (κ1) is 89.9. The number of hydrogen-bond acceptors (Lipinski definition) is 28. The molecule has 1 fully saturated rings. The number of aryl methyl sites for hydroxylation is 7. The molecule has 12 aromatic heterocycles. The third-order valence-corrected chi connectivity index (χ3v) is 21.1. The van der Waals surface area contributed by atoms with Crippen LogP contribution in [-0.4, -0.2) is 129 Å². The maximum absolute atomic E-state index is 12.4. The quantitative estimate of drug-likeness (QED) is 0.0175. The number of nitrogens with one attached hydrogen (secondary N) is 5. The molecule has 0 atom stereocenters. The van der Waals surface area contributed by atoms with Crippen molar-refractivity contribution in [2.75, 3.05) is 43.3 Å². The molecule has 1 saturated carbocycles. The number of unbranched alkanes of at least 4 members (excludes halogenated alkanes) is 4. The fraction of sp³-hybridized carbons (Fsp3) is 0.301. The predicted octanol–water partition coefficient (Wildman–Crippen LogP) is 12.9. The van der Waals surface area contributed by atoms with Gasteiger partial charge >= 0.3 is 22.8 Å². The largest absolute Gasteiger partial charge is 0.439 e. The number of H-pyrrole nitrogens is 4. The topological polar surface area (TPSA) is 512 Å².